The van der Waals surface area contributed by atoms with Gasteiger partial charge in [-0.2, -0.15) is 0 Å². The fourth-order valence-electron chi connectivity index (χ4n) is 2.45. The standard InChI is InChI=1S/C14H19BrFN3O/c1-19(2)14(4-3-5-14)8-18-13(20)9-6-12(17)11(16)7-10(9)15/h6-7H,3-5,8,17H2,1-2H3,(H,18,20). The van der Waals surface area contributed by atoms with Crippen molar-refractivity contribution < 1.29 is 9.18 Å². The van der Waals surface area contributed by atoms with E-state index >= 15 is 0 Å². The quantitative estimate of drug-likeness (QED) is 0.825. The summed E-state index contributed by atoms with van der Waals surface area (Å²) in [5.74, 6) is -0.770. The van der Waals surface area contributed by atoms with Crippen LogP contribution in [0.25, 0.3) is 0 Å². The van der Waals surface area contributed by atoms with Crippen LogP contribution in [0.15, 0.2) is 16.6 Å². The van der Waals surface area contributed by atoms with E-state index in [0.717, 1.165) is 12.8 Å². The van der Waals surface area contributed by atoms with E-state index in [-0.39, 0.29) is 17.1 Å². The number of nitrogen functional groups attached to an aromatic ring is 1. The zero-order valence-electron chi connectivity index (χ0n) is 11.7. The smallest absolute Gasteiger partial charge is 0.252 e. The molecule has 0 aromatic heterocycles. The summed E-state index contributed by atoms with van der Waals surface area (Å²) in [5, 5.41) is 2.92. The molecule has 1 saturated carbocycles. The van der Waals surface area contributed by atoms with Gasteiger partial charge in [0, 0.05) is 16.6 Å². The number of halogens is 2. The van der Waals surface area contributed by atoms with Crippen LogP contribution >= 0.6 is 15.9 Å². The van der Waals surface area contributed by atoms with E-state index in [2.05, 4.69) is 26.1 Å². The van der Waals surface area contributed by atoms with Crippen molar-refractivity contribution in [3.8, 4) is 0 Å². The molecule has 0 spiro atoms. The van der Waals surface area contributed by atoms with Crippen LogP contribution in [-0.2, 0) is 0 Å². The molecule has 1 aliphatic rings. The molecule has 0 radical (unpaired) electrons. The predicted octanol–water partition coefficient (Wildman–Crippen LogP) is 2.38. The second-order valence-corrected chi connectivity index (χ2v) is 6.36. The Kier molecular flexibility index (Phi) is 4.34. The molecule has 2 rings (SSSR count). The zero-order valence-corrected chi connectivity index (χ0v) is 13.3. The molecule has 1 aliphatic carbocycles. The van der Waals surface area contributed by atoms with Crippen LogP contribution in [-0.4, -0.2) is 37.0 Å². The van der Waals surface area contributed by atoms with Gasteiger partial charge in [0.05, 0.1) is 11.3 Å². The third-order valence-electron chi connectivity index (χ3n) is 4.14. The van der Waals surface area contributed by atoms with E-state index in [1.165, 1.54) is 18.6 Å². The number of nitrogens with one attached hydrogen (secondary N) is 1. The molecular formula is C14H19BrFN3O. The number of rotatable bonds is 4. The van der Waals surface area contributed by atoms with Crippen LogP contribution in [0.1, 0.15) is 29.6 Å². The Balaban J connectivity index is 2.07. The van der Waals surface area contributed by atoms with E-state index in [1.807, 2.05) is 14.1 Å². The number of nitrogens with two attached hydrogens (primary N) is 1. The van der Waals surface area contributed by atoms with Crippen LogP contribution in [0, 0.1) is 5.82 Å². The van der Waals surface area contributed by atoms with Gasteiger partial charge >= 0.3 is 0 Å². The Morgan fingerprint density at radius 2 is 2.15 bits per heavy atom. The zero-order chi connectivity index (χ0) is 14.9. The molecule has 0 aliphatic heterocycles. The summed E-state index contributed by atoms with van der Waals surface area (Å²) in [6.07, 6.45) is 3.33. The number of anilines is 1. The second-order valence-electron chi connectivity index (χ2n) is 5.51. The molecule has 1 aromatic carbocycles. The van der Waals surface area contributed by atoms with Crippen molar-refractivity contribution in [3.63, 3.8) is 0 Å². The molecule has 4 nitrogen and oxygen atoms in total. The molecule has 110 valence electrons. The van der Waals surface area contributed by atoms with Crippen molar-refractivity contribution in [3.05, 3.63) is 28.0 Å². The summed E-state index contributed by atoms with van der Waals surface area (Å²) in [4.78, 5) is 14.4. The summed E-state index contributed by atoms with van der Waals surface area (Å²) < 4.78 is 13.7. The Morgan fingerprint density at radius 1 is 1.50 bits per heavy atom. The summed E-state index contributed by atoms with van der Waals surface area (Å²) in [6, 6.07) is 2.58. The molecule has 1 aromatic rings. The Morgan fingerprint density at radius 3 is 2.65 bits per heavy atom. The molecule has 0 unspecified atom stereocenters. The average Bonchev–Trinajstić information content (AvgIpc) is 2.31. The van der Waals surface area contributed by atoms with Crippen molar-refractivity contribution in [1.82, 2.24) is 10.2 Å². The lowest BCUT2D eigenvalue weighted by Gasteiger charge is -2.47. The van der Waals surface area contributed by atoms with Gasteiger partial charge in [0.2, 0.25) is 0 Å². The number of likely N-dealkylation sites (N-methyl/N-ethyl adjacent to an activating group) is 1. The van der Waals surface area contributed by atoms with Crippen molar-refractivity contribution in [2.24, 2.45) is 0 Å². The predicted molar refractivity (Wildman–Crippen MR) is 81.1 cm³/mol. The maximum atomic E-state index is 13.3. The Labute approximate surface area is 126 Å². The van der Waals surface area contributed by atoms with E-state index in [4.69, 9.17) is 5.73 Å². The highest BCUT2D eigenvalue weighted by atomic mass is 79.9. The number of amides is 1. The van der Waals surface area contributed by atoms with E-state index < -0.39 is 5.82 Å². The van der Waals surface area contributed by atoms with E-state index in [0.29, 0.717) is 16.6 Å². The van der Waals surface area contributed by atoms with Crippen molar-refractivity contribution in [2.45, 2.75) is 24.8 Å². The van der Waals surface area contributed by atoms with Crippen LogP contribution in [0.5, 0.6) is 0 Å². The van der Waals surface area contributed by atoms with Crippen molar-refractivity contribution in [2.75, 3.05) is 26.4 Å². The first-order valence-corrected chi connectivity index (χ1v) is 7.35. The highest BCUT2D eigenvalue weighted by Crippen LogP contribution is 2.35. The normalized spacial score (nSPS) is 16.9. The second kappa shape index (κ2) is 5.69. The van der Waals surface area contributed by atoms with Gasteiger partial charge in [-0.1, -0.05) is 0 Å². The lowest BCUT2D eigenvalue weighted by atomic mass is 9.75. The van der Waals surface area contributed by atoms with E-state index in [9.17, 15) is 9.18 Å². The van der Waals surface area contributed by atoms with Gasteiger partial charge in [0.15, 0.2) is 0 Å². The molecule has 6 heteroatoms. The van der Waals surface area contributed by atoms with Gasteiger partial charge in [0.25, 0.3) is 5.91 Å². The van der Waals surface area contributed by atoms with Gasteiger partial charge in [0.1, 0.15) is 5.82 Å². The van der Waals surface area contributed by atoms with Crippen molar-refractivity contribution in [1.29, 1.82) is 0 Å². The van der Waals surface area contributed by atoms with Crippen LogP contribution in [0.4, 0.5) is 10.1 Å². The molecule has 0 atom stereocenters. The molecule has 3 N–H and O–H groups in total. The molecule has 20 heavy (non-hydrogen) atoms. The highest BCUT2D eigenvalue weighted by Gasteiger charge is 2.39. The molecule has 0 heterocycles. The summed E-state index contributed by atoms with van der Waals surface area (Å²) >= 11 is 3.20. The third-order valence-corrected chi connectivity index (χ3v) is 4.80. The number of nitrogens with zero attached hydrogens (tertiary/aromatic N) is 1. The van der Waals surface area contributed by atoms with Crippen LogP contribution in [0.2, 0.25) is 0 Å². The first kappa shape index (κ1) is 15.3. The fourth-order valence-corrected chi connectivity index (χ4v) is 2.94. The lowest BCUT2D eigenvalue weighted by Crippen LogP contribution is -2.57. The fraction of sp³-hybridized carbons (Fsp3) is 0.500. The number of carbonyl (C=O) groups is 1. The minimum atomic E-state index is -0.530. The maximum Gasteiger partial charge on any atom is 0.252 e. The molecule has 0 saturated heterocycles. The van der Waals surface area contributed by atoms with Crippen LogP contribution < -0.4 is 11.1 Å². The monoisotopic (exact) mass is 343 g/mol. The van der Waals surface area contributed by atoms with Gasteiger partial charge in [-0.05, 0) is 61.4 Å². The Hall–Kier alpha value is -1.14. The van der Waals surface area contributed by atoms with Gasteiger partial charge in [-0.25, -0.2) is 4.39 Å². The molecule has 0 bridgehead atoms. The number of hydrogen-bond donors (Lipinski definition) is 2. The average molecular weight is 344 g/mol. The maximum absolute atomic E-state index is 13.3. The third kappa shape index (κ3) is 2.81. The first-order valence-electron chi connectivity index (χ1n) is 6.56. The number of benzene rings is 1. The minimum Gasteiger partial charge on any atom is -0.396 e. The summed E-state index contributed by atoms with van der Waals surface area (Å²) in [6.45, 7) is 0.586. The Bertz CT molecular complexity index is 529. The SMILES string of the molecule is CN(C)C1(CNC(=O)c2cc(N)c(F)cc2Br)CCC1. The number of hydrogen-bond acceptors (Lipinski definition) is 3. The minimum absolute atomic E-state index is 0.0238. The first-order chi connectivity index (χ1) is 9.35. The topological polar surface area (TPSA) is 58.4 Å². The van der Waals surface area contributed by atoms with Crippen LogP contribution in [0.3, 0.4) is 0 Å². The summed E-state index contributed by atoms with van der Waals surface area (Å²) in [7, 11) is 4.05. The van der Waals surface area contributed by atoms with E-state index in [1.54, 1.807) is 0 Å². The summed E-state index contributed by atoms with van der Waals surface area (Å²) in [5.41, 5.74) is 5.89. The van der Waals surface area contributed by atoms with Crippen molar-refractivity contribution >= 4 is 27.5 Å². The highest BCUT2D eigenvalue weighted by molar-refractivity contribution is 9.10. The molecule has 1 fully saturated rings. The van der Waals surface area contributed by atoms with Gasteiger partial charge < -0.3 is 16.0 Å². The van der Waals surface area contributed by atoms with Gasteiger partial charge in [-0.3, -0.25) is 4.79 Å². The molecule has 1 amide bonds. The number of carbonyl (C=O) groups excluding carboxylic acids is 1. The largest absolute Gasteiger partial charge is 0.396 e. The molecular weight excluding hydrogens is 325 g/mol. The lowest BCUT2D eigenvalue weighted by molar-refractivity contribution is 0.0557. The van der Waals surface area contributed by atoms with Gasteiger partial charge in [-0.15, -0.1) is 0 Å².